The minimum atomic E-state index is -0.469. The molecule has 17 heavy (non-hydrogen) atoms. The Balaban J connectivity index is 2.10. The summed E-state index contributed by atoms with van der Waals surface area (Å²) in [6.07, 6.45) is 3.60. The third-order valence-electron chi connectivity index (χ3n) is 3.61. The molecule has 0 radical (unpaired) electrons. The van der Waals surface area contributed by atoms with Gasteiger partial charge in [0.1, 0.15) is 11.4 Å². The Kier molecular flexibility index (Phi) is 2.92. The number of Topliss-reactive ketones (excluding diaryl/α,β-unsaturated/α-hetero) is 1. The molecule has 0 aromatic heterocycles. The van der Waals surface area contributed by atoms with Gasteiger partial charge < -0.3 is 9.64 Å². The first-order valence-electron chi connectivity index (χ1n) is 6.35. The third kappa shape index (κ3) is 2.45. The topological polar surface area (TPSA) is 46.6 Å². The molecule has 2 rings (SSSR count). The molecule has 1 aliphatic carbocycles. The molecule has 0 aromatic rings. The fourth-order valence-corrected chi connectivity index (χ4v) is 2.90. The molecule has 0 aromatic carbocycles. The zero-order valence-electron chi connectivity index (χ0n) is 10.9. The number of hydrogen-bond donors (Lipinski definition) is 0. The molecular formula is C13H21NO3. The molecule has 0 unspecified atom stereocenters. The molecule has 1 heterocycles. The summed E-state index contributed by atoms with van der Waals surface area (Å²) in [5, 5.41) is 0. The maximum Gasteiger partial charge on any atom is 0.410 e. The lowest BCUT2D eigenvalue weighted by molar-refractivity contribution is -0.118. The van der Waals surface area contributed by atoms with E-state index in [2.05, 4.69) is 0 Å². The van der Waals surface area contributed by atoms with Gasteiger partial charge in [0, 0.05) is 19.4 Å². The first-order chi connectivity index (χ1) is 7.82. The first-order valence-corrected chi connectivity index (χ1v) is 6.35. The van der Waals surface area contributed by atoms with Crippen molar-refractivity contribution < 1.29 is 14.3 Å². The largest absolute Gasteiger partial charge is 0.444 e. The quantitative estimate of drug-likeness (QED) is 0.652. The van der Waals surface area contributed by atoms with Crippen LogP contribution in [0, 0.1) is 0 Å². The Morgan fingerprint density at radius 1 is 1.35 bits per heavy atom. The van der Waals surface area contributed by atoms with Gasteiger partial charge in [-0.25, -0.2) is 4.79 Å². The number of nitrogens with zero attached hydrogens (tertiary/aromatic N) is 1. The van der Waals surface area contributed by atoms with Crippen LogP contribution in [0.25, 0.3) is 0 Å². The average Bonchev–Trinajstić information content (AvgIpc) is 2.72. The zero-order valence-corrected chi connectivity index (χ0v) is 10.9. The van der Waals surface area contributed by atoms with E-state index >= 15 is 0 Å². The number of ketones is 1. The normalized spacial score (nSPS) is 29.1. The van der Waals surface area contributed by atoms with Gasteiger partial charge in [-0.15, -0.1) is 0 Å². The highest BCUT2D eigenvalue weighted by molar-refractivity contribution is 5.84. The van der Waals surface area contributed by atoms with E-state index in [1.54, 1.807) is 4.90 Å². The van der Waals surface area contributed by atoms with Gasteiger partial charge in [-0.05, 0) is 40.0 Å². The molecule has 1 spiro atoms. The van der Waals surface area contributed by atoms with E-state index < -0.39 is 5.60 Å². The van der Waals surface area contributed by atoms with Crippen molar-refractivity contribution in [1.82, 2.24) is 4.90 Å². The van der Waals surface area contributed by atoms with Crippen molar-refractivity contribution in [2.45, 2.75) is 64.0 Å². The molecule has 1 saturated carbocycles. The number of carbonyl (C=O) groups excluding carboxylic acids is 2. The van der Waals surface area contributed by atoms with Gasteiger partial charge in [0.25, 0.3) is 0 Å². The summed E-state index contributed by atoms with van der Waals surface area (Å²) >= 11 is 0. The van der Waals surface area contributed by atoms with Crippen LogP contribution in [0.5, 0.6) is 0 Å². The van der Waals surface area contributed by atoms with E-state index in [4.69, 9.17) is 4.74 Å². The second-order valence-corrected chi connectivity index (χ2v) is 6.18. The summed E-state index contributed by atoms with van der Waals surface area (Å²) < 4.78 is 5.42. The lowest BCUT2D eigenvalue weighted by Gasteiger charge is -2.35. The Labute approximate surface area is 102 Å². The molecule has 1 atom stereocenters. The van der Waals surface area contributed by atoms with Gasteiger partial charge >= 0.3 is 6.09 Å². The highest BCUT2D eigenvalue weighted by Crippen LogP contribution is 2.42. The Morgan fingerprint density at radius 2 is 2.06 bits per heavy atom. The van der Waals surface area contributed by atoms with Crippen molar-refractivity contribution in [2.24, 2.45) is 0 Å². The maximum absolute atomic E-state index is 12.1. The standard InChI is InChI=1S/C13H21NO3/c1-12(2,3)17-11(16)14-8-4-6-13(14)7-5-10(15)9-13/h4-9H2,1-3H3/t13-/m0/s1. The molecule has 1 saturated heterocycles. The smallest absolute Gasteiger partial charge is 0.410 e. The van der Waals surface area contributed by atoms with Crippen LogP contribution in [0.4, 0.5) is 4.79 Å². The van der Waals surface area contributed by atoms with Crippen molar-refractivity contribution in [3.05, 3.63) is 0 Å². The van der Waals surface area contributed by atoms with Crippen LogP contribution in [0.3, 0.4) is 0 Å². The lowest BCUT2D eigenvalue weighted by Crippen LogP contribution is -2.47. The van der Waals surface area contributed by atoms with E-state index in [-0.39, 0.29) is 17.4 Å². The summed E-state index contributed by atoms with van der Waals surface area (Å²) in [5.41, 5.74) is -0.692. The van der Waals surface area contributed by atoms with Gasteiger partial charge in [0.05, 0.1) is 5.54 Å². The van der Waals surface area contributed by atoms with Crippen molar-refractivity contribution in [3.8, 4) is 0 Å². The first kappa shape index (κ1) is 12.4. The molecule has 0 bridgehead atoms. The average molecular weight is 239 g/mol. The SMILES string of the molecule is CC(C)(C)OC(=O)N1CCC[C@@]12CCC(=O)C2. The van der Waals surface area contributed by atoms with Gasteiger partial charge in [-0.3, -0.25) is 4.79 Å². The molecule has 96 valence electrons. The number of hydrogen-bond acceptors (Lipinski definition) is 3. The molecular weight excluding hydrogens is 218 g/mol. The molecule has 1 aliphatic heterocycles. The van der Waals surface area contributed by atoms with Crippen molar-refractivity contribution in [3.63, 3.8) is 0 Å². The van der Waals surface area contributed by atoms with Crippen LogP contribution < -0.4 is 0 Å². The fraction of sp³-hybridized carbons (Fsp3) is 0.846. The zero-order chi connectivity index (χ0) is 12.7. The van der Waals surface area contributed by atoms with Gasteiger partial charge in [-0.1, -0.05) is 0 Å². The summed E-state index contributed by atoms with van der Waals surface area (Å²) in [4.78, 5) is 25.4. The second kappa shape index (κ2) is 4.00. The molecule has 4 nitrogen and oxygen atoms in total. The van der Waals surface area contributed by atoms with E-state index in [1.165, 1.54) is 0 Å². The third-order valence-corrected chi connectivity index (χ3v) is 3.61. The maximum atomic E-state index is 12.1. The number of likely N-dealkylation sites (tertiary alicyclic amines) is 1. The highest BCUT2D eigenvalue weighted by Gasteiger charge is 2.49. The second-order valence-electron chi connectivity index (χ2n) is 6.18. The van der Waals surface area contributed by atoms with E-state index in [9.17, 15) is 9.59 Å². The van der Waals surface area contributed by atoms with Crippen molar-refractivity contribution in [2.75, 3.05) is 6.54 Å². The van der Waals surface area contributed by atoms with Gasteiger partial charge in [0.2, 0.25) is 0 Å². The lowest BCUT2D eigenvalue weighted by atomic mass is 9.94. The fourth-order valence-electron chi connectivity index (χ4n) is 2.90. The summed E-state index contributed by atoms with van der Waals surface area (Å²) in [7, 11) is 0. The van der Waals surface area contributed by atoms with Gasteiger partial charge in [0.15, 0.2) is 0 Å². The number of carbonyl (C=O) groups is 2. The summed E-state index contributed by atoms with van der Waals surface area (Å²) in [6, 6.07) is 0. The van der Waals surface area contributed by atoms with E-state index in [0.29, 0.717) is 12.8 Å². The minimum absolute atomic E-state index is 0.223. The molecule has 1 amide bonds. The summed E-state index contributed by atoms with van der Waals surface area (Å²) in [6.45, 7) is 6.33. The monoisotopic (exact) mass is 239 g/mol. The van der Waals surface area contributed by atoms with Crippen molar-refractivity contribution >= 4 is 11.9 Å². The van der Waals surface area contributed by atoms with Crippen LogP contribution in [0.1, 0.15) is 52.9 Å². The Morgan fingerprint density at radius 3 is 2.59 bits per heavy atom. The van der Waals surface area contributed by atoms with Crippen LogP contribution >= 0.6 is 0 Å². The summed E-state index contributed by atoms with van der Waals surface area (Å²) in [5.74, 6) is 0.278. The van der Waals surface area contributed by atoms with Crippen LogP contribution in [-0.4, -0.2) is 34.5 Å². The number of rotatable bonds is 0. The van der Waals surface area contributed by atoms with Crippen LogP contribution in [-0.2, 0) is 9.53 Å². The Hall–Kier alpha value is -1.06. The molecule has 4 heteroatoms. The highest BCUT2D eigenvalue weighted by atomic mass is 16.6. The predicted octanol–water partition coefficient (Wildman–Crippen LogP) is 2.51. The van der Waals surface area contributed by atoms with Gasteiger partial charge in [-0.2, -0.15) is 0 Å². The predicted molar refractivity (Wildman–Crippen MR) is 63.8 cm³/mol. The molecule has 2 aliphatic rings. The number of ether oxygens (including phenoxy) is 1. The van der Waals surface area contributed by atoms with E-state index in [1.807, 2.05) is 20.8 Å². The minimum Gasteiger partial charge on any atom is -0.444 e. The van der Waals surface area contributed by atoms with Crippen LogP contribution in [0.15, 0.2) is 0 Å². The Bertz CT molecular complexity index is 345. The molecule has 2 fully saturated rings. The molecule has 0 N–H and O–H groups in total. The van der Waals surface area contributed by atoms with E-state index in [0.717, 1.165) is 25.8 Å². The van der Waals surface area contributed by atoms with Crippen molar-refractivity contribution in [1.29, 1.82) is 0 Å². The van der Waals surface area contributed by atoms with Crippen LogP contribution in [0.2, 0.25) is 0 Å². The number of amides is 1.